The summed E-state index contributed by atoms with van der Waals surface area (Å²) in [5, 5.41) is 6.65. The molecule has 3 heterocycles. The SMILES string of the molecule is Cc1ccnc(NC(=O)CCc2nc(-c3ccncc3)no2)c1. The van der Waals surface area contributed by atoms with Crippen molar-refractivity contribution in [1.82, 2.24) is 20.1 Å². The van der Waals surface area contributed by atoms with Crippen LogP contribution in [0, 0.1) is 6.92 Å². The van der Waals surface area contributed by atoms with Crippen LogP contribution in [0.3, 0.4) is 0 Å². The van der Waals surface area contributed by atoms with Gasteiger partial charge >= 0.3 is 0 Å². The number of aryl methyl sites for hydroxylation is 2. The average Bonchev–Trinajstić information content (AvgIpc) is 3.03. The topological polar surface area (TPSA) is 93.8 Å². The number of pyridine rings is 2. The first kappa shape index (κ1) is 14.8. The van der Waals surface area contributed by atoms with E-state index in [-0.39, 0.29) is 12.3 Å². The number of nitrogens with zero attached hydrogens (tertiary/aromatic N) is 4. The monoisotopic (exact) mass is 309 g/mol. The molecule has 0 radical (unpaired) electrons. The van der Waals surface area contributed by atoms with Crippen molar-refractivity contribution in [3.05, 3.63) is 54.3 Å². The number of nitrogens with one attached hydrogen (secondary N) is 1. The molecule has 0 spiro atoms. The van der Waals surface area contributed by atoms with E-state index in [9.17, 15) is 4.79 Å². The molecule has 7 heteroatoms. The highest BCUT2D eigenvalue weighted by atomic mass is 16.5. The maximum Gasteiger partial charge on any atom is 0.227 e. The Hall–Kier alpha value is -3.09. The lowest BCUT2D eigenvalue weighted by molar-refractivity contribution is -0.116. The molecule has 1 N–H and O–H groups in total. The van der Waals surface area contributed by atoms with Crippen molar-refractivity contribution in [2.75, 3.05) is 5.32 Å². The normalized spacial score (nSPS) is 10.5. The number of aromatic nitrogens is 4. The molecule has 0 aliphatic carbocycles. The first-order valence-corrected chi connectivity index (χ1v) is 7.16. The Morgan fingerprint density at radius 2 is 2.04 bits per heavy atom. The van der Waals surface area contributed by atoms with E-state index >= 15 is 0 Å². The summed E-state index contributed by atoms with van der Waals surface area (Å²) < 4.78 is 5.16. The van der Waals surface area contributed by atoms with Crippen molar-refractivity contribution < 1.29 is 9.32 Å². The number of amides is 1. The third-order valence-electron chi connectivity index (χ3n) is 3.16. The van der Waals surface area contributed by atoms with Crippen LogP contribution in [-0.4, -0.2) is 26.0 Å². The van der Waals surface area contributed by atoms with Crippen LogP contribution >= 0.6 is 0 Å². The highest BCUT2D eigenvalue weighted by Gasteiger charge is 2.11. The Balaban J connectivity index is 1.56. The first-order chi connectivity index (χ1) is 11.2. The largest absolute Gasteiger partial charge is 0.339 e. The van der Waals surface area contributed by atoms with Gasteiger partial charge in [0.05, 0.1) is 0 Å². The fraction of sp³-hybridized carbons (Fsp3) is 0.188. The van der Waals surface area contributed by atoms with E-state index in [4.69, 9.17) is 4.52 Å². The maximum atomic E-state index is 11.9. The van der Waals surface area contributed by atoms with E-state index in [1.165, 1.54) is 0 Å². The Morgan fingerprint density at radius 3 is 2.83 bits per heavy atom. The molecular weight excluding hydrogens is 294 g/mol. The van der Waals surface area contributed by atoms with Gasteiger partial charge < -0.3 is 9.84 Å². The number of rotatable bonds is 5. The van der Waals surface area contributed by atoms with Crippen molar-refractivity contribution >= 4 is 11.7 Å². The molecule has 0 fully saturated rings. The molecular formula is C16H15N5O2. The van der Waals surface area contributed by atoms with Crippen molar-refractivity contribution in [3.8, 4) is 11.4 Å². The second-order valence-corrected chi connectivity index (χ2v) is 5.01. The second-order valence-electron chi connectivity index (χ2n) is 5.01. The zero-order valence-electron chi connectivity index (χ0n) is 12.6. The van der Waals surface area contributed by atoms with Gasteiger partial charge in [-0.15, -0.1) is 0 Å². The summed E-state index contributed by atoms with van der Waals surface area (Å²) in [6, 6.07) is 7.27. The minimum absolute atomic E-state index is 0.147. The summed E-state index contributed by atoms with van der Waals surface area (Å²) in [4.78, 5) is 24.2. The predicted molar refractivity (Wildman–Crippen MR) is 83.5 cm³/mol. The molecule has 0 aromatic carbocycles. The molecule has 3 aromatic rings. The van der Waals surface area contributed by atoms with Crippen LogP contribution in [0.4, 0.5) is 5.82 Å². The summed E-state index contributed by atoms with van der Waals surface area (Å²) in [5.41, 5.74) is 1.86. The van der Waals surface area contributed by atoms with Gasteiger partial charge in [-0.3, -0.25) is 9.78 Å². The molecule has 3 aromatic heterocycles. The molecule has 0 aliphatic rings. The Morgan fingerprint density at radius 1 is 1.22 bits per heavy atom. The van der Waals surface area contributed by atoms with E-state index < -0.39 is 0 Å². The van der Waals surface area contributed by atoms with Gasteiger partial charge in [0.2, 0.25) is 17.6 Å². The lowest BCUT2D eigenvalue weighted by Gasteiger charge is -2.03. The third kappa shape index (κ3) is 3.97. The molecule has 0 unspecified atom stereocenters. The minimum atomic E-state index is -0.147. The van der Waals surface area contributed by atoms with Gasteiger partial charge in [0.25, 0.3) is 0 Å². The highest BCUT2D eigenvalue weighted by molar-refractivity contribution is 5.89. The van der Waals surface area contributed by atoms with Crippen molar-refractivity contribution in [2.45, 2.75) is 19.8 Å². The van der Waals surface area contributed by atoms with E-state index in [2.05, 4.69) is 25.4 Å². The van der Waals surface area contributed by atoms with Gasteiger partial charge in [-0.25, -0.2) is 4.98 Å². The summed E-state index contributed by atoms with van der Waals surface area (Å²) in [6.07, 6.45) is 5.59. The van der Waals surface area contributed by atoms with Gasteiger partial charge in [0.15, 0.2) is 0 Å². The fourth-order valence-corrected chi connectivity index (χ4v) is 2.00. The van der Waals surface area contributed by atoms with Gasteiger partial charge in [0.1, 0.15) is 5.82 Å². The zero-order chi connectivity index (χ0) is 16.1. The number of carbonyl (C=O) groups excluding carboxylic acids is 1. The number of hydrogen-bond donors (Lipinski definition) is 1. The zero-order valence-corrected chi connectivity index (χ0v) is 12.6. The molecule has 3 rings (SSSR count). The summed E-state index contributed by atoms with van der Waals surface area (Å²) in [7, 11) is 0. The van der Waals surface area contributed by atoms with Crippen LogP contribution in [0.2, 0.25) is 0 Å². The lowest BCUT2D eigenvalue weighted by Crippen LogP contribution is -2.13. The number of anilines is 1. The summed E-state index contributed by atoms with van der Waals surface area (Å²) >= 11 is 0. The molecule has 0 bridgehead atoms. The minimum Gasteiger partial charge on any atom is -0.339 e. The Bertz CT molecular complexity index is 801. The van der Waals surface area contributed by atoms with Crippen LogP contribution in [0.15, 0.2) is 47.4 Å². The van der Waals surface area contributed by atoms with Gasteiger partial charge in [0, 0.05) is 37.0 Å². The molecule has 0 saturated carbocycles. The third-order valence-corrected chi connectivity index (χ3v) is 3.16. The second kappa shape index (κ2) is 6.78. The quantitative estimate of drug-likeness (QED) is 0.778. The van der Waals surface area contributed by atoms with E-state index in [1.807, 2.05) is 19.1 Å². The standard InChI is InChI=1S/C16H15N5O2/c1-11-4-9-18-13(10-11)19-14(22)2-3-15-20-16(21-23-15)12-5-7-17-8-6-12/h4-10H,2-3H2,1H3,(H,18,19,22). The van der Waals surface area contributed by atoms with E-state index in [0.717, 1.165) is 11.1 Å². The van der Waals surface area contributed by atoms with E-state index in [1.54, 1.807) is 30.7 Å². The van der Waals surface area contributed by atoms with Gasteiger partial charge in [-0.05, 0) is 36.8 Å². The molecule has 0 saturated heterocycles. The average molecular weight is 309 g/mol. The molecule has 0 aliphatic heterocycles. The van der Waals surface area contributed by atoms with Gasteiger partial charge in [-0.1, -0.05) is 5.16 Å². The number of carbonyl (C=O) groups is 1. The van der Waals surface area contributed by atoms with Crippen molar-refractivity contribution in [2.24, 2.45) is 0 Å². The molecule has 0 atom stereocenters. The molecule has 1 amide bonds. The summed E-state index contributed by atoms with van der Waals surface area (Å²) in [5.74, 6) is 1.30. The van der Waals surface area contributed by atoms with Crippen LogP contribution in [0.1, 0.15) is 17.9 Å². The van der Waals surface area contributed by atoms with Crippen LogP contribution < -0.4 is 5.32 Å². The predicted octanol–water partition coefficient (Wildman–Crippen LogP) is 2.41. The Kier molecular flexibility index (Phi) is 4.37. The maximum absolute atomic E-state index is 11.9. The molecule has 116 valence electrons. The number of hydrogen-bond acceptors (Lipinski definition) is 6. The van der Waals surface area contributed by atoms with Gasteiger partial charge in [-0.2, -0.15) is 4.98 Å². The molecule has 23 heavy (non-hydrogen) atoms. The van der Waals surface area contributed by atoms with Crippen molar-refractivity contribution in [1.29, 1.82) is 0 Å². The highest BCUT2D eigenvalue weighted by Crippen LogP contribution is 2.15. The van der Waals surface area contributed by atoms with Crippen molar-refractivity contribution in [3.63, 3.8) is 0 Å². The first-order valence-electron chi connectivity index (χ1n) is 7.16. The smallest absolute Gasteiger partial charge is 0.227 e. The summed E-state index contributed by atoms with van der Waals surface area (Å²) in [6.45, 7) is 1.94. The van der Waals surface area contributed by atoms with E-state index in [0.29, 0.717) is 24.0 Å². The van der Waals surface area contributed by atoms with Crippen LogP contribution in [0.5, 0.6) is 0 Å². The van der Waals surface area contributed by atoms with Crippen LogP contribution in [0.25, 0.3) is 11.4 Å². The fourth-order valence-electron chi connectivity index (χ4n) is 2.00. The molecule has 7 nitrogen and oxygen atoms in total. The van der Waals surface area contributed by atoms with Crippen LogP contribution in [-0.2, 0) is 11.2 Å². The lowest BCUT2D eigenvalue weighted by atomic mass is 10.2. The Labute approximate surface area is 132 Å².